The van der Waals surface area contributed by atoms with Crippen molar-refractivity contribution in [3.8, 4) is 11.5 Å². The summed E-state index contributed by atoms with van der Waals surface area (Å²) in [6.45, 7) is 6.56. The molecule has 1 aromatic heterocycles. The third-order valence-corrected chi connectivity index (χ3v) is 7.54. The minimum atomic E-state index is -3.10. The van der Waals surface area contributed by atoms with Gasteiger partial charge in [0.1, 0.15) is 19.9 Å². The zero-order valence-corrected chi connectivity index (χ0v) is 17.7. The van der Waals surface area contributed by atoms with Crippen LogP contribution >= 0.6 is 7.29 Å². The molecule has 138 valence electrons. The van der Waals surface area contributed by atoms with Crippen LogP contribution in [0.1, 0.15) is 11.8 Å². The molecular formula is C22H24NO2PSi. The normalized spacial score (nSPS) is 12.9. The first kappa shape index (κ1) is 19.4. The smallest absolute Gasteiger partial charge is 0.205 e. The third kappa shape index (κ3) is 4.90. The molecule has 0 unspecified atom stereocenters. The predicted molar refractivity (Wildman–Crippen MR) is 115 cm³/mol. The lowest BCUT2D eigenvalue weighted by Crippen LogP contribution is -2.30. The van der Waals surface area contributed by atoms with Gasteiger partial charge in [-0.1, -0.05) is 62.0 Å². The topological polar surface area (TPSA) is 42.2 Å². The van der Waals surface area contributed by atoms with E-state index in [1.165, 1.54) is 0 Å². The maximum absolute atomic E-state index is 14.2. The fraction of sp³-hybridized carbons (Fsp3) is 0.182. The number of benzene rings is 2. The van der Waals surface area contributed by atoms with E-state index in [4.69, 9.17) is 4.42 Å². The number of hydrogen-bond acceptors (Lipinski definition) is 2. The zero-order chi connectivity index (χ0) is 19.3. The van der Waals surface area contributed by atoms with E-state index in [0.717, 1.165) is 10.6 Å². The molecule has 0 amide bonds. The SMILES string of the molecule is C[Si](C)(C)C#C[C@@H](NP(=O)(c1ccccc1)c1ccccc1)c1ccco1. The Kier molecular flexibility index (Phi) is 5.87. The molecule has 2 aromatic carbocycles. The summed E-state index contributed by atoms with van der Waals surface area (Å²) in [7, 11) is -4.70. The second-order valence-corrected chi connectivity index (χ2v) is 14.6. The quantitative estimate of drug-likeness (QED) is 0.387. The molecule has 0 aliphatic heterocycles. The summed E-state index contributed by atoms with van der Waals surface area (Å²) in [5.41, 5.74) is 3.38. The standard InChI is InChI=1S/C22H24NO2PSi/c1-27(2,3)18-16-21(22-15-10-17-25-22)23-26(24,19-11-6-4-7-12-19)20-13-8-5-9-14-20/h4-15,17,21H,1-3H3,(H,23,24)/t21-/m1/s1. The molecule has 3 rings (SSSR count). The van der Waals surface area contributed by atoms with E-state index in [2.05, 4.69) is 36.2 Å². The van der Waals surface area contributed by atoms with Gasteiger partial charge in [-0.2, -0.15) is 0 Å². The van der Waals surface area contributed by atoms with Crippen LogP contribution in [-0.2, 0) is 4.57 Å². The molecule has 1 atom stereocenters. The summed E-state index contributed by atoms with van der Waals surface area (Å²) in [6, 6.07) is 22.3. The molecule has 0 radical (unpaired) electrons. The largest absolute Gasteiger partial charge is 0.467 e. The van der Waals surface area contributed by atoms with E-state index in [1.807, 2.05) is 72.8 Å². The van der Waals surface area contributed by atoms with Gasteiger partial charge in [-0.05, 0) is 36.4 Å². The van der Waals surface area contributed by atoms with Crippen molar-refractivity contribution in [3.05, 3.63) is 84.8 Å². The lowest BCUT2D eigenvalue weighted by molar-refractivity contribution is 0.483. The Morgan fingerprint density at radius 1 is 0.889 bits per heavy atom. The summed E-state index contributed by atoms with van der Waals surface area (Å²) in [6.07, 6.45) is 1.62. The predicted octanol–water partition coefficient (Wildman–Crippen LogP) is 4.72. The molecule has 27 heavy (non-hydrogen) atoms. The Hall–Kier alpha value is -2.31. The molecule has 0 fully saturated rings. The van der Waals surface area contributed by atoms with Crippen LogP contribution in [0, 0.1) is 11.5 Å². The Labute approximate surface area is 162 Å². The highest BCUT2D eigenvalue weighted by Gasteiger charge is 2.31. The fourth-order valence-electron chi connectivity index (χ4n) is 2.67. The average Bonchev–Trinajstić information content (AvgIpc) is 3.20. The monoisotopic (exact) mass is 393 g/mol. The number of rotatable bonds is 5. The van der Waals surface area contributed by atoms with Crippen molar-refractivity contribution in [2.24, 2.45) is 0 Å². The number of furan rings is 1. The van der Waals surface area contributed by atoms with Crippen LogP contribution in [0.3, 0.4) is 0 Å². The Morgan fingerprint density at radius 3 is 1.89 bits per heavy atom. The highest BCUT2D eigenvalue weighted by molar-refractivity contribution is 7.76. The van der Waals surface area contributed by atoms with Gasteiger partial charge in [-0.15, -0.1) is 5.54 Å². The van der Waals surface area contributed by atoms with E-state index in [-0.39, 0.29) is 0 Å². The zero-order valence-electron chi connectivity index (χ0n) is 15.8. The van der Waals surface area contributed by atoms with Gasteiger partial charge in [0, 0.05) is 10.6 Å². The summed E-state index contributed by atoms with van der Waals surface area (Å²) >= 11 is 0. The maximum Gasteiger partial charge on any atom is 0.205 e. The molecule has 0 aliphatic rings. The van der Waals surface area contributed by atoms with Crippen LogP contribution in [0.2, 0.25) is 19.6 Å². The van der Waals surface area contributed by atoms with Crippen LogP contribution in [0.15, 0.2) is 83.5 Å². The molecule has 0 aliphatic carbocycles. The van der Waals surface area contributed by atoms with Crippen molar-refractivity contribution in [1.82, 2.24) is 5.09 Å². The van der Waals surface area contributed by atoms with Crippen molar-refractivity contribution >= 4 is 26.0 Å². The first-order chi connectivity index (χ1) is 12.9. The van der Waals surface area contributed by atoms with Crippen molar-refractivity contribution in [2.45, 2.75) is 25.7 Å². The van der Waals surface area contributed by atoms with Crippen molar-refractivity contribution in [2.75, 3.05) is 0 Å². The minimum Gasteiger partial charge on any atom is -0.467 e. The van der Waals surface area contributed by atoms with Gasteiger partial charge in [0.2, 0.25) is 7.29 Å². The number of nitrogens with one attached hydrogen (secondary N) is 1. The fourth-order valence-corrected chi connectivity index (χ4v) is 5.58. The van der Waals surface area contributed by atoms with Gasteiger partial charge in [-0.25, -0.2) is 5.09 Å². The Balaban J connectivity index is 2.09. The molecule has 3 nitrogen and oxygen atoms in total. The lowest BCUT2D eigenvalue weighted by atomic mass is 10.2. The van der Waals surface area contributed by atoms with Gasteiger partial charge < -0.3 is 4.42 Å². The van der Waals surface area contributed by atoms with E-state index >= 15 is 0 Å². The van der Waals surface area contributed by atoms with Crippen LogP contribution in [0.4, 0.5) is 0 Å². The highest BCUT2D eigenvalue weighted by Crippen LogP contribution is 2.41. The van der Waals surface area contributed by atoms with Gasteiger partial charge in [0.15, 0.2) is 0 Å². The van der Waals surface area contributed by atoms with E-state index in [9.17, 15) is 4.57 Å². The van der Waals surface area contributed by atoms with Crippen molar-refractivity contribution in [1.29, 1.82) is 0 Å². The van der Waals surface area contributed by atoms with Crippen molar-refractivity contribution < 1.29 is 8.98 Å². The molecule has 5 heteroatoms. The second-order valence-electron chi connectivity index (χ2n) is 7.38. The van der Waals surface area contributed by atoms with Crippen LogP contribution in [-0.4, -0.2) is 8.07 Å². The van der Waals surface area contributed by atoms with Gasteiger partial charge in [0.25, 0.3) is 0 Å². The summed E-state index contributed by atoms with van der Waals surface area (Å²) in [5, 5.41) is 4.85. The molecule has 0 saturated heterocycles. The molecule has 1 heterocycles. The Bertz CT molecular complexity index is 924. The van der Waals surface area contributed by atoms with E-state index in [1.54, 1.807) is 6.26 Å². The first-order valence-electron chi connectivity index (χ1n) is 8.94. The molecule has 0 saturated carbocycles. The Morgan fingerprint density at radius 2 is 1.44 bits per heavy atom. The average molecular weight is 393 g/mol. The van der Waals surface area contributed by atoms with Gasteiger partial charge in [-0.3, -0.25) is 4.57 Å². The second kappa shape index (κ2) is 8.15. The van der Waals surface area contributed by atoms with E-state index < -0.39 is 21.4 Å². The molecule has 1 N–H and O–H groups in total. The summed E-state index contributed by atoms with van der Waals surface area (Å²) in [4.78, 5) is 0. The molecule has 3 aromatic rings. The lowest BCUT2D eigenvalue weighted by Gasteiger charge is -2.23. The third-order valence-electron chi connectivity index (χ3n) is 3.97. The van der Waals surface area contributed by atoms with Crippen molar-refractivity contribution in [3.63, 3.8) is 0 Å². The highest BCUT2D eigenvalue weighted by atomic mass is 31.2. The molecular weight excluding hydrogens is 369 g/mol. The van der Waals surface area contributed by atoms with E-state index in [0.29, 0.717) is 5.76 Å². The van der Waals surface area contributed by atoms with Crippen LogP contribution in [0.25, 0.3) is 0 Å². The van der Waals surface area contributed by atoms with Gasteiger partial charge in [0.05, 0.1) is 6.26 Å². The number of hydrogen-bond donors (Lipinski definition) is 1. The summed E-state index contributed by atoms with van der Waals surface area (Å²) in [5.74, 6) is 3.97. The summed E-state index contributed by atoms with van der Waals surface area (Å²) < 4.78 is 19.8. The maximum atomic E-state index is 14.2. The minimum absolute atomic E-state index is 0.446. The molecule has 0 bridgehead atoms. The van der Waals surface area contributed by atoms with Crippen LogP contribution in [0.5, 0.6) is 0 Å². The first-order valence-corrected chi connectivity index (χ1v) is 14.1. The van der Waals surface area contributed by atoms with Gasteiger partial charge >= 0.3 is 0 Å². The van der Waals surface area contributed by atoms with Crippen LogP contribution < -0.4 is 15.7 Å². The molecule has 0 spiro atoms.